The Hall–Kier alpha value is -0.870. The van der Waals surface area contributed by atoms with Gasteiger partial charge < -0.3 is 5.32 Å². The van der Waals surface area contributed by atoms with Crippen LogP contribution >= 0.6 is 0 Å². The second-order valence-corrected chi connectivity index (χ2v) is 5.61. The predicted octanol–water partition coefficient (Wildman–Crippen LogP) is 2.18. The van der Waals surface area contributed by atoms with Gasteiger partial charge in [-0.05, 0) is 59.3 Å². The molecule has 1 N–H and O–H groups in total. The summed E-state index contributed by atoms with van der Waals surface area (Å²) < 4.78 is 2.15. The van der Waals surface area contributed by atoms with Crippen LogP contribution in [0.15, 0.2) is 6.07 Å². The Morgan fingerprint density at radius 1 is 1.42 bits per heavy atom. The first-order chi connectivity index (χ1) is 9.24. The van der Waals surface area contributed by atoms with Crippen LogP contribution in [0.3, 0.4) is 0 Å². The van der Waals surface area contributed by atoms with Gasteiger partial charge in [0, 0.05) is 19.1 Å². The summed E-state index contributed by atoms with van der Waals surface area (Å²) in [5.41, 5.74) is 2.51. The third kappa shape index (κ3) is 3.80. The van der Waals surface area contributed by atoms with E-state index in [4.69, 9.17) is 0 Å². The van der Waals surface area contributed by atoms with Crippen molar-refractivity contribution in [3.05, 3.63) is 17.5 Å². The molecule has 1 aliphatic heterocycles. The molecule has 1 fully saturated rings. The average Bonchev–Trinajstić information content (AvgIpc) is 2.78. The van der Waals surface area contributed by atoms with Gasteiger partial charge in [0.05, 0.1) is 11.4 Å². The molecule has 0 aromatic carbocycles. The monoisotopic (exact) mass is 264 g/mol. The van der Waals surface area contributed by atoms with E-state index in [9.17, 15) is 0 Å². The summed E-state index contributed by atoms with van der Waals surface area (Å²) in [4.78, 5) is 2.66. The molecule has 0 saturated carbocycles. The van der Waals surface area contributed by atoms with Crippen LogP contribution in [0.25, 0.3) is 0 Å². The predicted molar refractivity (Wildman–Crippen MR) is 79.2 cm³/mol. The smallest absolute Gasteiger partial charge is 0.0597 e. The molecule has 1 saturated heterocycles. The number of aromatic nitrogens is 2. The van der Waals surface area contributed by atoms with Crippen molar-refractivity contribution < 1.29 is 0 Å². The van der Waals surface area contributed by atoms with Gasteiger partial charge in [-0.1, -0.05) is 6.42 Å². The van der Waals surface area contributed by atoms with Gasteiger partial charge in [-0.3, -0.25) is 9.58 Å². The second-order valence-electron chi connectivity index (χ2n) is 5.61. The Morgan fingerprint density at radius 2 is 2.26 bits per heavy atom. The lowest BCUT2D eigenvalue weighted by atomic mass is 9.99. The molecule has 4 nitrogen and oxygen atoms in total. The first kappa shape index (κ1) is 14.5. The lowest BCUT2D eigenvalue weighted by molar-refractivity contribution is 0.129. The molecular formula is C15H28N4. The summed E-state index contributed by atoms with van der Waals surface area (Å²) in [5.74, 6) is 0. The minimum atomic E-state index is 0.738. The molecule has 1 atom stereocenters. The van der Waals surface area contributed by atoms with E-state index in [-0.39, 0.29) is 0 Å². The molecule has 1 aliphatic rings. The summed E-state index contributed by atoms with van der Waals surface area (Å²) >= 11 is 0. The van der Waals surface area contributed by atoms with Crippen LogP contribution in [-0.4, -0.2) is 40.9 Å². The molecule has 2 heterocycles. The number of hydrogen-bond donors (Lipinski definition) is 1. The average molecular weight is 264 g/mol. The Morgan fingerprint density at radius 3 is 3.00 bits per heavy atom. The summed E-state index contributed by atoms with van der Waals surface area (Å²) in [6.45, 7) is 8.64. The first-order valence-corrected chi connectivity index (χ1v) is 7.66. The van der Waals surface area contributed by atoms with Gasteiger partial charge >= 0.3 is 0 Å². The molecule has 1 unspecified atom stereocenters. The Labute approximate surface area is 117 Å². The number of hydrogen-bond acceptors (Lipinski definition) is 3. The number of aryl methyl sites for hydroxylation is 2. The molecule has 0 bridgehead atoms. The van der Waals surface area contributed by atoms with E-state index >= 15 is 0 Å². The highest BCUT2D eigenvalue weighted by molar-refractivity contribution is 5.09. The lowest BCUT2D eigenvalue weighted by Gasteiger charge is -2.35. The van der Waals surface area contributed by atoms with Gasteiger partial charge in [-0.2, -0.15) is 5.10 Å². The van der Waals surface area contributed by atoms with Crippen LogP contribution in [0.1, 0.15) is 44.0 Å². The van der Waals surface area contributed by atoms with Crippen molar-refractivity contribution in [3.8, 4) is 0 Å². The summed E-state index contributed by atoms with van der Waals surface area (Å²) in [6, 6.07) is 2.98. The van der Waals surface area contributed by atoms with Crippen LogP contribution in [0, 0.1) is 6.92 Å². The lowest BCUT2D eigenvalue weighted by Crippen LogP contribution is -2.40. The zero-order valence-electron chi connectivity index (χ0n) is 12.7. The molecule has 0 amide bonds. The van der Waals surface area contributed by atoms with E-state index < -0.39 is 0 Å². The Balaban J connectivity index is 2.01. The minimum absolute atomic E-state index is 0.738. The van der Waals surface area contributed by atoms with E-state index in [0.29, 0.717) is 0 Å². The van der Waals surface area contributed by atoms with Crippen molar-refractivity contribution in [3.63, 3.8) is 0 Å². The zero-order chi connectivity index (χ0) is 13.7. The highest BCUT2D eigenvalue weighted by atomic mass is 15.3. The van der Waals surface area contributed by atoms with E-state index in [2.05, 4.69) is 39.9 Å². The number of nitrogens with one attached hydrogen (secondary N) is 1. The van der Waals surface area contributed by atoms with Gasteiger partial charge in [-0.25, -0.2) is 0 Å². The third-order valence-electron chi connectivity index (χ3n) is 4.13. The maximum absolute atomic E-state index is 4.56. The van der Waals surface area contributed by atoms with Gasteiger partial charge in [0.25, 0.3) is 0 Å². The van der Waals surface area contributed by atoms with E-state index in [1.54, 1.807) is 0 Å². The second kappa shape index (κ2) is 7.06. The maximum atomic E-state index is 4.56. The fraction of sp³-hybridized carbons (Fsp3) is 0.800. The van der Waals surface area contributed by atoms with Crippen molar-refractivity contribution in [2.24, 2.45) is 0 Å². The molecule has 0 aliphatic carbocycles. The van der Waals surface area contributed by atoms with E-state index in [1.807, 2.05) is 7.05 Å². The van der Waals surface area contributed by atoms with Crippen molar-refractivity contribution in [1.29, 1.82) is 0 Å². The largest absolute Gasteiger partial charge is 0.320 e. The van der Waals surface area contributed by atoms with Gasteiger partial charge in [0.1, 0.15) is 0 Å². The van der Waals surface area contributed by atoms with Crippen LogP contribution in [0.5, 0.6) is 0 Å². The normalized spacial score (nSPS) is 20.9. The minimum Gasteiger partial charge on any atom is -0.320 e. The quantitative estimate of drug-likeness (QED) is 0.855. The molecule has 2 rings (SSSR count). The van der Waals surface area contributed by atoms with Crippen LogP contribution in [0.2, 0.25) is 0 Å². The topological polar surface area (TPSA) is 33.1 Å². The fourth-order valence-corrected chi connectivity index (χ4v) is 3.11. The van der Waals surface area contributed by atoms with Crippen molar-refractivity contribution >= 4 is 0 Å². The molecule has 19 heavy (non-hydrogen) atoms. The van der Waals surface area contributed by atoms with Crippen LogP contribution < -0.4 is 5.32 Å². The number of likely N-dealkylation sites (tertiary alicyclic amines) is 1. The van der Waals surface area contributed by atoms with E-state index in [0.717, 1.165) is 31.4 Å². The fourth-order valence-electron chi connectivity index (χ4n) is 3.11. The highest BCUT2D eigenvalue weighted by Crippen LogP contribution is 2.22. The molecule has 4 heteroatoms. The van der Waals surface area contributed by atoms with Crippen molar-refractivity contribution in [1.82, 2.24) is 20.0 Å². The Kier molecular flexibility index (Phi) is 5.40. The van der Waals surface area contributed by atoms with Crippen molar-refractivity contribution in [2.45, 2.75) is 58.7 Å². The van der Waals surface area contributed by atoms with Gasteiger partial charge in [0.2, 0.25) is 0 Å². The maximum Gasteiger partial charge on any atom is 0.0597 e. The third-order valence-corrected chi connectivity index (χ3v) is 4.13. The van der Waals surface area contributed by atoms with Crippen molar-refractivity contribution in [2.75, 3.05) is 20.1 Å². The molecule has 0 radical (unpaired) electrons. The van der Waals surface area contributed by atoms with E-state index in [1.165, 1.54) is 37.9 Å². The number of rotatable bonds is 6. The zero-order valence-corrected chi connectivity index (χ0v) is 12.7. The van der Waals surface area contributed by atoms with Gasteiger partial charge in [-0.15, -0.1) is 0 Å². The summed E-state index contributed by atoms with van der Waals surface area (Å²) in [5, 5.41) is 7.84. The van der Waals surface area contributed by atoms with Crippen LogP contribution in [0.4, 0.5) is 0 Å². The Bertz CT molecular complexity index is 385. The molecule has 1 aromatic heterocycles. The highest BCUT2D eigenvalue weighted by Gasteiger charge is 2.23. The van der Waals surface area contributed by atoms with Crippen LogP contribution in [-0.2, 0) is 13.1 Å². The molecule has 0 spiro atoms. The molecular weight excluding hydrogens is 236 g/mol. The number of piperidine rings is 1. The molecule has 108 valence electrons. The molecule has 1 aromatic rings. The first-order valence-electron chi connectivity index (χ1n) is 7.66. The SMILES string of the molecule is CCn1nc(C)cc1CN1CCCCC1CCNC. The van der Waals surface area contributed by atoms with Gasteiger partial charge in [0.15, 0.2) is 0 Å². The standard InChI is InChI=1S/C15H28N4/c1-4-19-15(11-13(2)17-19)12-18-10-6-5-7-14(18)8-9-16-3/h11,14,16H,4-10,12H2,1-3H3. The summed E-state index contributed by atoms with van der Waals surface area (Å²) in [7, 11) is 2.04. The summed E-state index contributed by atoms with van der Waals surface area (Å²) in [6.07, 6.45) is 5.34. The number of nitrogens with zero attached hydrogens (tertiary/aromatic N) is 3.